The zero-order chi connectivity index (χ0) is 13.0. The third-order valence-corrected chi connectivity index (χ3v) is 3.23. The number of nitrogens with one attached hydrogen (secondary N) is 1. The summed E-state index contributed by atoms with van der Waals surface area (Å²) in [6, 6.07) is 3.60. The zero-order valence-electron chi connectivity index (χ0n) is 10.6. The van der Waals surface area contributed by atoms with Gasteiger partial charge in [0.25, 0.3) is 5.56 Å². The Balaban J connectivity index is 2.08. The molecule has 1 N–H and O–H groups in total. The van der Waals surface area contributed by atoms with Crippen LogP contribution in [0.2, 0.25) is 0 Å². The molecule has 0 fully saturated rings. The van der Waals surface area contributed by atoms with Crippen LogP contribution in [0.3, 0.4) is 0 Å². The van der Waals surface area contributed by atoms with E-state index in [9.17, 15) is 4.79 Å². The molecule has 0 aliphatic carbocycles. The lowest BCUT2D eigenvalue weighted by molar-refractivity contribution is 0.638. The number of anilines is 1. The first-order valence-corrected chi connectivity index (χ1v) is 6.91. The molecule has 0 radical (unpaired) electrons. The summed E-state index contributed by atoms with van der Waals surface area (Å²) < 4.78 is 1.47. The van der Waals surface area contributed by atoms with E-state index in [-0.39, 0.29) is 5.56 Å². The van der Waals surface area contributed by atoms with Crippen LogP contribution < -0.4 is 10.9 Å². The van der Waals surface area contributed by atoms with Crippen LogP contribution in [-0.2, 0) is 6.54 Å². The fourth-order valence-corrected chi connectivity index (χ4v) is 2.19. The van der Waals surface area contributed by atoms with Crippen LogP contribution in [0.1, 0.15) is 19.4 Å². The van der Waals surface area contributed by atoms with Gasteiger partial charge in [-0.2, -0.15) is 16.4 Å². The first-order chi connectivity index (χ1) is 8.65. The standard InChI is InChI=1S/C13H17N3OS/c1-10(2)6-14-12-5-13(17)16(15-7-12)8-11-3-4-18-9-11/h3-5,7,9-10,14H,6,8H2,1-2H3. The monoisotopic (exact) mass is 263 g/mol. The second kappa shape index (κ2) is 5.82. The number of hydrogen-bond donors (Lipinski definition) is 1. The normalized spacial score (nSPS) is 10.8. The highest BCUT2D eigenvalue weighted by Crippen LogP contribution is 2.07. The van der Waals surface area contributed by atoms with Crippen LogP contribution in [0.25, 0.3) is 0 Å². The van der Waals surface area contributed by atoms with E-state index in [1.54, 1.807) is 23.6 Å². The lowest BCUT2D eigenvalue weighted by Gasteiger charge is -2.09. The summed E-state index contributed by atoms with van der Waals surface area (Å²) in [5, 5.41) is 11.4. The van der Waals surface area contributed by atoms with Gasteiger partial charge in [0.2, 0.25) is 0 Å². The average molecular weight is 263 g/mol. The molecular weight excluding hydrogens is 246 g/mol. The molecule has 0 bridgehead atoms. The molecule has 0 aromatic carbocycles. The van der Waals surface area contributed by atoms with Crippen LogP contribution in [0.15, 0.2) is 33.9 Å². The van der Waals surface area contributed by atoms with Crippen LogP contribution in [0.5, 0.6) is 0 Å². The van der Waals surface area contributed by atoms with Gasteiger partial charge in [-0.1, -0.05) is 13.8 Å². The second-order valence-corrected chi connectivity index (χ2v) is 5.43. The number of hydrogen-bond acceptors (Lipinski definition) is 4. The van der Waals surface area contributed by atoms with E-state index < -0.39 is 0 Å². The van der Waals surface area contributed by atoms with Crippen molar-refractivity contribution in [1.82, 2.24) is 9.78 Å². The Hall–Kier alpha value is -1.62. The molecule has 0 spiro atoms. The van der Waals surface area contributed by atoms with Gasteiger partial charge in [0, 0.05) is 12.6 Å². The smallest absolute Gasteiger partial charge is 0.269 e. The molecule has 0 saturated carbocycles. The Labute approximate surface area is 110 Å². The van der Waals surface area contributed by atoms with E-state index in [0.717, 1.165) is 17.8 Å². The van der Waals surface area contributed by atoms with E-state index in [4.69, 9.17) is 0 Å². The Bertz CT molecular complexity index is 546. The fraction of sp³-hybridized carbons (Fsp3) is 0.385. The number of thiophene rings is 1. The van der Waals surface area contributed by atoms with Crippen molar-refractivity contribution in [3.8, 4) is 0 Å². The molecule has 96 valence electrons. The first-order valence-electron chi connectivity index (χ1n) is 5.97. The summed E-state index contributed by atoms with van der Waals surface area (Å²) >= 11 is 1.62. The second-order valence-electron chi connectivity index (χ2n) is 4.65. The van der Waals surface area contributed by atoms with Crippen molar-refractivity contribution < 1.29 is 0 Å². The molecule has 0 aliphatic heterocycles. The van der Waals surface area contributed by atoms with Crippen LogP contribution in [0, 0.1) is 5.92 Å². The largest absolute Gasteiger partial charge is 0.383 e. The highest BCUT2D eigenvalue weighted by Gasteiger charge is 2.02. The van der Waals surface area contributed by atoms with Gasteiger partial charge in [-0.25, -0.2) is 4.68 Å². The van der Waals surface area contributed by atoms with Crippen LogP contribution in [-0.4, -0.2) is 16.3 Å². The Morgan fingerprint density at radius 3 is 2.94 bits per heavy atom. The summed E-state index contributed by atoms with van der Waals surface area (Å²) in [5.41, 5.74) is 1.82. The highest BCUT2D eigenvalue weighted by molar-refractivity contribution is 7.07. The number of rotatable bonds is 5. The molecule has 2 rings (SSSR count). The molecule has 2 heterocycles. The van der Waals surface area contributed by atoms with Gasteiger partial charge in [-0.15, -0.1) is 0 Å². The topological polar surface area (TPSA) is 46.9 Å². The number of aromatic nitrogens is 2. The summed E-state index contributed by atoms with van der Waals surface area (Å²) in [7, 11) is 0. The van der Waals surface area contributed by atoms with Gasteiger partial charge in [0.05, 0.1) is 18.4 Å². The minimum absolute atomic E-state index is 0.0741. The Morgan fingerprint density at radius 1 is 1.50 bits per heavy atom. The molecular formula is C13H17N3OS. The van der Waals surface area contributed by atoms with Gasteiger partial charge in [0.15, 0.2) is 0 Å². The Kier molecular flexibility index (Phi) is 4.15. The quantitative estimate of drug-likeness (QED) is 0.901. The summed E-state index contributed by atoms with van der Waals surface area (Å²) in [6.07, 6.45) is 1.70. The van der Waals surface area contributed by atoms with Gasteiger partial charge < -0.3 is 5.32 Å². The van der Waals surface area contributed by atoms with Crippen LogP contribution in [0.4, 0.5) is 5.69 Å². The summed E-state index contributed by atoms with van der Waals surface area (Å²) in [5.74, 6) is 0.540. The highest BCUT2D eigenvalue weighted by atomic mass is 32.1. The van der Waals surface area contributed by atoms with E-state index in [1.807, 2.05) is 16.8 Å². The minimum Gasteiger partial charge on any atom is -0.383 e. The predicted molar refractivity (Wildman–Crippen MR) is 75.2 cm³/mol. The Morgan fingerprint density at radius 2 is 2.33 bits per heavy atom. The van der Waals surface area contributed by atoms with Crippen molar-refractivity contribution in [3.63, 3.8) is 0 Å². The molecule has 0 amide bonds. The lowest BCUT2D eigenvalue weighted by Crippen LogP contribution is -2.23. The molecule has 0 atom stereocenters. The van der Waals surface area contributed by atoms with Gasteiger partial charge in [-0.3, -0.25) is 4.79 Å². The third kappa shape index (κ3) is 3.43. The van der Waals surface area contributed by atoms with Crippen LogP contribution >= 0.6 is 11.3 Å². The van der Waals surface area contributed by atoms with Gasteiger partial charge in [-0.05, 0) is 28.3 Å². The summed E-state index contributed by atoms with van der Waals surface area (Å²) in [4.78, 5) is 11.9. The molecule has 18 heavy (non-hydrogen) atoms. The van der Waals surface area contributed by atoms with Crippen molar-refractivity contribution in [2.75, 3.05) is 11.9 Å². The van der Waals surface area contributed by atoms with Crippen molar-refractivity contribution in [1.29, 1.82) is 0 Å². The minimum atomic E-state index is -0.0741. The van der Waals surface area contributed by atoms with Crippen molar-refractivity contribution in [2.24, 2.45) is 5.92 Å². The maximum atomic E-state index is 11.9. The van der Waals surface area contributed by atoms with Crippen molar-refractivity contribution >= 4 is 17.0 Å². The lowest BCUT2D eigenvalue weighted by atomic mass is 10.2. The summed E-state index contributed by atoms with van der Waals surface area (Å²) in [6.45, 7) is 5.62. The third-order valence-electron chi connectivity index (χ3n) is 2.50. The first kappa shape index (κ1) is 12.8. The van der Waals surface area contributed by atoms with E-state index >= 15 is 0 Å². The molecule has 2 aromatic rings. The molecule has 5 heteroatoms. The predicted octanol–water partition coefficient (Wildman–Crippen LogP) is 2.42. The average Bonchev–Trinajstić information content (AvgIpc) is 2.82. The number of nitrogens with zero attached hydrogens (tertiary/aromatic N) is 2. The fourth-order valence-electron chi connectivity index (χ4n) is 1.53. The molecule has 4 nitrogen and oxygen atoms in total. The van der Waals surface area contributed by atoms with E-state index in [2.05, 4.69) is 24.3 Å². The molecule has 2 aromatic heterocycles. The maximum absolute atomic E-state index is 11.9. The van der Waals surface area contributed by atoms with Crippen molar-refractivity contribution in [3.05, 3.63) is 45.0 Å². The van der Waals surface area contributed by atoms with Crippen molar-refractivity contribution in [2.45, 2.75) is 20.4 Å². The SMILES string of the molecule is CC(C)CNc1cnn(Cc2ccsc2)c(=O)c1. The molecule has 0 unspecified atom stereocenters. The van der Waals surface area contributed by atoms with Gasteiger partial charge in [0.1, 0.15) is 0 Å². The van der Waals surface area contributed by atoms with Gasteiger partial charge >= 0.3 is 0 Å². The molecule has 0 saturated heterocycles. The van der Waals surface area contributed by atoms with E-state index in [1.165, 1.54) is 4.68 Å². The van der Waals surface area contributed by atoms with E-state index in [0.29, 0.717) is 12.5 Å². The zero-order valence-corrected chi connectivity index (χ0v) is 11.4. The molecule has 0 aliphatic rings. The maximum Gasteiger partial charge on any atom is 0.269 e.